The number of hydrogen-bond donors (Lipinski definition) is 2. The minimum atomic E-state index is -1.15. The summed E-state index contributed by atoms with van der Waals surface area (Å²) < 4.78 is 0. The van der Waals surface area contributed by atoms with Gasteiger partial charge in [0, 0.05) is 23.1 Å². The first kappa shape index (κ1) is 23.2. The number of benzene rings is 3. The molecule has 4 aromatic rings. The number of hydrazine groups is 1. The van der Waals surface area contributed by atoms with E-state index in [1.165, 1.54) is 41.5 Å². The van der Waals surface area contributed by atoms with E-state index < -0.39 is 6.03 Å². The van der Waals surface area contributed by atoms with Crippen LogP contribution in [0.4, 0.5) is 33.6 Å². The second kappa shape index (κ2) is 10.3. The number of urea groups is 1. The van der Waals surface area contributed by atoms with E-state index in [4.69, 9.17) is 16.9 Å². The van der Waals surface area contributed by atoms with Gasteiger partial charge in [0.2, 0.25) is 5.95 Å². The SMILES string of the molecule is N#Cc1ccc(Nc2nccc(N(c3ccc(O)cc3)N(C(=O)N=O)c3ccccc3Cl)n2)cc1. The standard InChI is InChI=1S/C24H16ClN7O3/c25-20-3-1-2-4-21(20)32(24(34)30-35)31(18-9-11-19(33)12-10-18)22-13-14-27-23(29-22)28-17-7-5-16(15-26)6-8-17/h1-14,33H,(H,27,28,29). The van der Waals surface area contributed by atoms with Crippen LogP contribution in [0, 0.1) is 16.2 Å². The van der Waals surface area contributed by atoms with Gasteiger partial charge in [-0.25, -0.2) is 14.8 Å². The van der Waals surface area contributed by atoms with E-state index in [-0.39, 0.29) is 28.2 Å². The van der Waals surface area contributed by atoms with E-state index in [0.29, 0.717) is 16.9 Å². The molecule has 172 valence electrons. The molecule has 10 nitrogen and oxygen atoms in total. The van der Waals surface area contributed by atoms with Crippen molar-refractivity contribution in [2.45, 2.75) is 0 Å². The van der Waals surface area contributed by atoms with E-state index in [1.807, 2.05) is 6.07 Å². The molecule has 0 atom stereocenters. The van der Waals surface area contributed by atoms with Crippen LogP contribution < -0.4 is 15.3 Å². The van der Waals surface area contributed by atoms with Crippen molar-refractivity contribution in [3.05, 3.63) is 101 Å². The Labute approximate surface area is 204 Å². The Hall–Kier alpha value is -5.01. The number of phenols is 1. The quantitative estimate of drug-likeness (QED) is 0.254. The molecular formula is C24H16ClN7O3. The number of nitroso groups, excluding NO2 is 1. The molecule has 0 saturated heterocycles. The molecule has 0 unspecified atom stereocenters. The van der Waals surface area contributed by atoms with Gasteiger partial charge in [-0.05, 0) is 60.7 Å². The van der Waals surface area contributed by atoms with Crippen LogP contribution in [0.2, 0.25) is 5.02 Å². The molecule has 1 heterocycles. The summed E-state index contributed by atoms with van der Waals surface area (Å²) in [5, 5.41) is 26.9. The molecule has 0 aliphatic carbocycles. The number of rotatable bonds is 6. The summed E-state index contributed by atoms with van der Waals surface area (Å²) in [5.41, 5.74) is 1.69. The van der Waals surface area contributed by atoms with Crippen LogP contribution in [0.5, 0.6) is 5.75 Å². The normalized spacial score (nSPS) is 10.2. The molecule has 0 fully saturated rings. The third-order valence-corrected chi connectivity index (χ3v) is 5.08. The molecule has 1 aromatic heterocycles. The molecule has 3 aromatic carbocycles. The van der Waals surface area contributed by atoms with Crippen molar-refractivity contribution in [3.63, 3.8) is 0 Å². The number of halogens is 1. The van der Waals surface area contributed by atoms with Crippen molar-refractivity contribution in [1.29, 1.82) is 5.26 Å². The van der Waals surface area contributed by atoms with Crippen LogP contribution in [-0.2, 0) is 0 Å². The van der Waals surface area contributed by atoms with Gasteiger partial charge in [0.15, 0.2) is 5.82 Å². The maximum Gasteiger partial charge on any atom is 0.404 e. The molecule has 0 aliphatic rings. The Morgan fingerprint density at radius 3 is 2.40 bits per heavy atom. The van der Waals surface area contributed by atoms with Gasteiger partial charge in [-0.1, -0.05) is 23.7 Å². The number of carbonyl (C=O) groups excluding carboxylic acids is 1. The molecule has 4 rings (SSSR count). The Morgan fingerprint density at radius 2 is 1.74 bits per heavy atom. The molecule has 35 heavy (non-hydrogen) atoms. The van der Waals surface area contributed by atoms with Gasteiger partial charge in [-0.15, -0.1) is 4.91 Å². The number of nitrogens with one attached hydrogen (secondary N) is 1. The second-order valence-electron chi connectivity index (χ2n) is 7.02. The summed E-state index contributed by atoms with van der Waals surface area (Å²) in [7, 11) is 0. The number of nitriles is 1. The zero-order valence-electron chi connectivity index (χ0n) is 17.9. The molecule has 0 bridgehead atoms. The van der Waals surface area contributed by atoms with E-state index in [2.05, 4.69) is 20.5 Å². The fourth-order valence-electron chi connectivity index (χ4n) is 3.19. The smallest absolute Gasteiger partial charge is 0.404 e. The van der Waals surface area contributed by atoms with Gasteiger partial charge in [0.1, 0.15) is 5.75 Å². The van der Waals surface area contributed by atoms with Crippen molar-refractivity contribution in [3.8, 4) is 11.8 Å². The summed E-state index contributed by atoms with van der Waals surface area (Å²) in [4.78, 5) is 32.9. The average Bonchev–Trinajstić information content (AvgIpc) is 2.89. The summed E-state index contributed by atoms with van der Waals surface area (Å²) in [6.45, 7) is 0. The number of aromatic hydroxyl groups is 1. The molecule has 0 radical (unpaired) electrons. The van der Waals surface area contributed by atoms with Crippen LogP contribution in [0.25, 0.3) is 0 Å². The first-order valence-electron chi connectivity index (χ1n) is 10.1. The van der Waals surface area contributed by atoms with Crippen molar-refractivity contribution in [1.82, 2.24) is 9.97 Å². The minimum Gasteiger partial charge on any atom is -0.508 e. The van der Waals surface area contributed by atoms with Crippen molar-refractivity contribution < 1.29 is 9.90 Å². The second-order valence-corrected chi connectivity index (χ2v) is 7.43. The number of hydrogen-bond acceptors (Lipinski definition) is 8. The highest BCUT2D eigenvalue weighted by Gasteiger charge is 2.29. The fourth-order valence-corrected chi connectivity index (χ4v) is 3.40. The highest BCUT2D eigenvalue weighted by molar-refractivity contribution is 6.34. The zero-order valence-corrected chi connectivity index (χ0v) is 18.7. The largest absolute Gasteiger partial charge is 0.508 e. The maximum atomic E-state index is 12.8. The first-order chi connectivity index (χ1) is 17.0. The van der Waals surface area contributed by atoms with Crippen LogP contribution in [0.15, 0.2) is 90.2 Å². The lowest BCUT2D eigenvalue weighted by atomic mass is 10.2. The van der Waals surface area contributed by atoms with Crippen LogP contribution in [0.1, 0.15) is 5.56 Å². The van der Waals surface area contributed by atoms with Crippen molar-refractivity contribution in [2.75, 3.05) is 15.3 Å². The number of nitrogens with zero attached hydrogens (tertiary/aromatic N) is 6. The summed E-state index contributed by atoms with van der Waals surface area (Å²) >= 11 is 6.36. The highest BCUT2D eigenvalue weighted by atomic mass is 35.5. The summed E-state index contributed by atoms with van der Waals surface area (Å²) in [6, 6.07) is 21.5. The summed E-state index contributed by atoms with van der Waals surface area (Å²) in [5.74, 6) is 0.379. The summed E-state index contributed by atoms with van der Waals surface area (Å²) in [6.07, 6.45) is 1.46. The molecule has 0 spiro atoms. The Kier molecular flexibility index (Phi) is 6.81. The molecule has 2 amide bonds. The molecule has 0 saturated carbocycles. The third kappa shape index (κ3) is 5.16. The van der Waals surface area contributed by atoms with Gasteiger partial charge < -0.3 is 10.4 Å². The predicted octanol–water partition coefficient (Wildman–Crippen LogP) is 5.90. The molecule has 0 aliphatic heterocycles. The van der Waals surface area contributed by atoms with E-state index in [1.54, 1.807) is 48.5 Å². The van der Waals surface area contributed by atoms with Crippen molar-refractivity contribution >= 4 is 46.5 Å². The molecule has 2 N–H and O–H groups in total. The number of para-hydroxylation sites is 1. The lowest BCUT2D eigenvalue weighted by Gasteiger charge is -2.34. The highest BCUT2D eigenvalue weighted by Crippen LogP contribution is 2.35. The maximum absolute atomic E-state index is 12.8. The van der Waals surface area contributed by atoms with Gasteiger partial charge in [-0.2, -0.15) is 15.3 Å². The Bertz CT molecular complexity index is 1410. The average molecular weight is 486 g/mol. The molecule has 11 heteroatoms. The predicted molar refractivity (Wildman–Crippen MR) is 132 cm³/mol. The van der Waals surface area contributed by atoms with E-state index in [9.17, 15) is 14.8 Å². The van der Waals surface area contributed by atoms with Crippen molar-refractivity contribution in [2.24, 2.45) is 5.18 Å². The number of anilines is 5. The molecular weight excluding hydrogens is 470 g/mol. The lowest BCUT2D eigenvalue weighted by Crippen LogP contribution is -2.43. The fraction of sp³-hybridized carbons (Fsp3) is 0. The number of carbonyl (C=O) groups is 1. The van der Waals surface area contributed by atoms with Gasteiger partial charge >= 0.3 is 6.03 Å². The number of amides is 2. The Balaban J connectivity index is 1.82. The third-order valence-electron chi connectivity index (χ3n) is 4.76. The topological polar surface area (TPSA) is 135 Å². The van der Waals surface area contributed by atoms with Crippen LogP contribution in [-0.4, -0.2) is 21.1 Å². The van der Waals surface area contributed by atoms with Gasteiger partial charge in [0.25, 0.3) is 0 Å². The Morgan fingerprint density at radius 1 is 1.03 bits per heavy atom. The van der Waals surface area contributed by atoms with Crippen LogP contribution in [0.3, 0.4) is 0 Å². The van der Waals surface area contributed by atoms with E-state index in [0.717, 1.165) is 5.01 Å². The number of aromatic nitrogens is 2. The van der Waals surface area contributed by atoms with Crippen LogP contribution >= 0.6 is 11.6 Å². The first-order valence-corrected chi connectivity index (χ1v) is 10.5. The zero-order chi connectivity index (χ0) is 24.8. The van der Waals surface area contributed by atoms with Gasteiger partial charge in [0.05, 0.1) is 28.0 Å². The van der Waals surface area contributed by atoms with E-state index >= 15 is 0 Å². The lowest BCUT2D eigenvalue weighted by molar-refractivity contribution is 0.254. The minimum absolute atomic E-state index is 0.00342. The number of phenolic OH excluding ortho intramolecular Hbond substituents is 1. The van der Waals surface area contributed by atoms with Gasteiger partial charge in [-0.3, -0.25) is 0 Å². The monoisotopic (exact) mass is 485 g/mol.